The summed E-state index contributed by atoms with van der Waals surface area (Å²) in [6.07, 6.45) is -0.976. The third kappa shape index (κ3) is 2.66. The molecule has 0 radical (unpaired) electrons. The molecule has 0 aromatic rings. The summed E-state index contributed by atoms with van der Waals surface area (Å²) in [7, 11) is 0. The van der Waals surface area contributed by atoms with E-state index in [4.69, 9.17) is 20.1 Å². The van der Waals surface area contributed by atoms with Crippen LogP contribution in [0.4, 0.5) is 0 Å². The van der Waals surface area contributed by atoms with Gasteiger partial charge in [-0.25, -0.2) is 0 Å². The van der Waals surface area contributed by atoms with E-state index in [0.717, 1.165) is 0 Å². The Morgan fingerprint density at radius 2 is 2.33 bits per heavy atom. The highest BCUT2D eigenvalue weighted by Crippen LogP contribution is 2.29. The molecule has 0 aliphatic carbocycles. The highest BCUT2D eigenvalue weighted by Gasteiger charge is 2.44. The number of aldehydes is 1. The minimum absolute atomic E-state index is 0.390. The fourth-order valence-electron chi connectivity index (χ4n) is 1.49. The minimum atomic E-state index is -0.908. The second-order valence-corrected chi connectivity index (χ2v) is 3.66. The molecule has 1 aliphatic heterocycles. The molecule has 0 bridgehead atoms. The molecule has 7 heteroatoms. The van der Waals surface area contributed by atoms with Gasteiger partial charge in [0.25, 0.3) is 0 Å². The van der Waals surface area contributed by atoms with Crippen LogP contribution in [-0.4, -0.2) is 42.0 Å². The molecule has 1 aliphatic rings. The SMILES string of the molecule is CC1(C)OC(C=O)C(C(CO)N=[N+]=[N-])O1. The van der Waals surface area contributed by atoms with Crippen LogP contribution >= 0.6 is 0 Å². The second-order valence-electron chi connectivity index (χ2n) is 3.66. The van der Waals surface area contributed by atoms with E-state index >= 15 is 0 Å². The lowest BCUT2D eigenvalue weighted by Crippen LogP contribution is -2.37. The predicted octanol–water partition coefficient (Wildman–Crippen LogP) is 0.377. The molecular formula is C8H13N3O4. The maximum atomic E-state index is 10.7. The fourth-order valence-corrected chi connectivity index (χ4v) is 1.49. The van der Waals surface area contributed by atoms with Crippen molar-refractivity contribution in [3.8, 4) is 0 Å². The van der Waals surface area contributed by atoms with E-state index in [2.05, 4.69) is 10.0 Å². The van der Waals surface area contributed by atoms with Crippen molar-refractivity contribution in [3.05, 3.63) is 10.4 Å². The number of nitrogens with zero attached hydrogens (tertiary/aromatic N) is 3. The molecule has 3 unspecified atom stereocenters. The van der Waals surface area contributed by atoms with Crippen molar-refractivity contribution in [3.63, 3.8) is 0 Å². The van der Waals surface area contributed by atoms with Gasteiger partial charge in [0.05, 0.1) is 12.6 Å². The smallest absolute Gasteiger partial charge is 0.164 e. The van der Waals surface area contributed by atoms with Crippen molar-refractivity contribution in [2.24, 2.45) is 5.11 Å². The van der Waals surface area contributed by atoms with Gasteiger partial charge in [0, 0.05) is 4.91 Å². The molecule has 0 amide bonds. The third-order valence-electron chi connectivity index (χ3n) is 2.06. The van der Waals surface area contributed by atoms with Gasteiger partial charge in [-0.1, -0.05) is 5.11 Å². The van der Waals surface area contributed by atoms with Crippen molar-refractivity contribution in [1.82, 2.24) is 0 Å². The van der Waals surface area contributed by atoms with E-state index in [1.165, 1.54) is 0 Å². The Kier molecular flexibility index (Phi) is 3.65. The summed E-state index contributed by atoms with van der Waals surface area (Å²) in [6.45, 7) is 2.90. The van der Waals surface area contributed by atoms with Crippen LogP contribution in [0.1, 0.15) is 13.8 Å². The second kappa shape index (κ2) is 4.59. The number of rotatable bonds is 4. The van der Waals surface area contributed by atoms with Gasteiger partial charge in [0.15, 0.2) is 12.1 Å². The molecule has 0 aromatic carbocycles. The number of ether oxygens (including phenoxy) is 2. The molecule has 3 atom stereocenters. The maximum Gasteiger partial charge on any atom is 0.164 e. The van der Waals surface area contributed by atoms with Gasteiger partial charge in [-0.3, -0.25) is 0 Å². The van der Waals surface area contributed by atoms with Gasteiger partial charge >= 0.3 is 0 Å². The van der Waals surface area contributed by atoms with E-state index in [0.29, 0.717) is 6.29 Å². The predicted molar refractivity (Wildman–Crippen MR) is 49.9 cm³/mol. The quantitative estimate of drug-likeness (QED) is 0.316. The van der Waals surface area contributed by atoms with Gasteiger partial charge in [-0.2, -0.15) is 0 Å². The Morgan fingerprint density at radius 1 is 1.67 bits per heavy atom. The van der Waals surface area contributed by atoms with Crippen LogP contribution in [0.2, 0.25) is 0 Å². The largest absolute Gasteiger partial charge is 0.396 e. The number of hydrogen-bond acceptors (Lipinski definition) is 5. The van der Waals surface area contributed by atoms with Gasteiger partial charge in [0.2, 0.25) is 0 Å². The number of aliphatic hydroxyl groups excluding tert-OH is 1. The van der Waals surface area contributed by atoms with Gasteiger partial charge in [-0.15, -0.1) is 0 Å². The van der Waals surface area contributed by atoms with Crippen molar-refractivity contribution in [2.75, 3.05) is 6.61 Å². The van der Waals surface area contributed by atoms with Crippen LogP contribution in [0.15, 0.2) is 5.11 Å². The number of carbonyl (C=O) groups excluding carboxylic acids is 1. The monoisotopic (exact) mass is 215 g/mol. The number of azide groups is 1. The zero-order valence-corrected chi connectivity index (χ0v) is 8.53. The van der Waals surface area contributed by atoms with Crippen LogP contribution < -0.4 is 0 Å². The Balaban J connectivity index is 2.83. The molecule has 1 saturated heterocycles. The van der Waals surface area contributed by atoms with Gasteiger partial charge < -0.3 is 19.4 Å². The lowest BCUT2D eigenvalue weighted by molar-refractivity contribution is -0.151. The summed E-state index contributed by atoms with van der Waals surface area (Å²) >= 11 is 0. The molecule has 1 fully saturated rings. The topological polar surface area (TPSA) is 105 Å². The highest BCUT2D eigenvalue weighted by atomic mass is 16.8. The summed E-state index contributed by atoms with van der Waals surface area (Å²) in [4.78, 5) is 13.3. The first-order valence-corrected chi connectivity index (χ1v) is 4.50. The van der Waals surface area contributed by atoms with E-state index in [1.54, 1.807) is 13.8 Å². The summed E-state index contributed by atoms with van der Waals surface area (Å²) in [5, 5.41) is 12.3. The zero-order chi connectivity index (χ0) is 11.5. The Bertz CT molecular complexity index is 288. The van der Waals surface area contributed by atoms with Gasteiger partial charge in [0.1, 0.15) is 12.2 Å². The zero-order valence-electron chi connectivity index (χ0n) is 8.53. The normalized spacial score (nSPS) is 30.6. The van der Waals surface area contributed by atoms with Crippen LogP contribution in [0.3, 0.4) is 0 Å². The van der Waals surface area contributed by atoms with Crippen molar-refractivity contribution in [1.29, 1.82) is 0 Å². The van der Waals surface area contributed by atoms with Crippen LogP contribution in [-0.2, 0) is 14.3 Å². The molecular weight excluding hydrogens is 202 g/mol. The van der Waals surface area contributed by atoms with Crippen molar-refractivity contribution < 1.29 is 19.4 Å². The Hall–Kier alpha value is -1.14. The molecule has 84 valence electrons. The number of aliphatic hydroxyl groups is 1. The number of hydrogen-bond donors (Lipinski definition) is 1. The molecule has 0 saturated carbocycles. The van der Waals surface area contributed by atoms with Crippen molar-refractivity contribution in [2.45, 2.75) is 37.9 Å². The Labute approximate surface area is 86.6 Å². The van der Waals surface area contributed by atoms with E-state index in [-0.39, 0.29) is 0 Å². The summed E-state index contributed by atoms with van der Waals surface area (Å²) < 4.78 is 10.6. The van der Waals surface area contributed by atoms with Crippen LogP contribution in [0, 0.1) is 0 Å². The van der Waals surface area contributed by atoms with Gasteiger partial charge in [-0.05, 0) is 19.4 Å². The van der Waals surface area contributed by atoms with Crippen molar-refractivity contribution >= 4 is 6.29 Å². The molecule has 0 spiro atoms. The summed E-state index contributed by atoms with van der Waals surface area (Å²) in [5.74, 6) is -0.908. The molecule has 1 heterocycles. The lowest BCUT2D eigenvalue weighted by Gasteiger charge is -2.19. The third-order valence-corrected chi connectivity index (χ3v) is 2.06. The number of carbonyl (C=O) groups is 1. The molecule has 0 aromatic heterocycles. The van der Waals surface area contributed by atoms with Crippen LogP contribution in [0.5, 0.6) is 0 Å². The van der Waals surface area contributed by atoms with E-state index in [1.807, 2.05) is 0 Å². The summed E-state index contributed by atoms with van der Waals surface area (Å²) in [6, 6.07) is -0.813. The molecule has 15 heavy (non-hydrogen) atoms. The van der Waals surface area contributed by atoms with E-state index in [9.17, 15) is 4.79 Å². The van der Waals surface area contributed by atoms with Crippen LogP contribution in [0.25, 0.3) is 10.4 Å². The standard InChI is InChI=1S/C8H13N3O4/c1-8(2)14-6(4-13)7(15-8)5(3-12)10-11-9/h4-7,12H,3H2,1-2H3. The lowest BCUT2D eigenvalue weighted by atomic mass is 10.1. The molecule has 7 nitrogen and oxygen atoms in total. The molecule has 1 N–H and O–H groups in total. The average Bonchev–Trinajstić information content (AvgIpc) is 2.50. The Morgan fingerprint density at radius 3 is 2.80 bits per heavy atom. The first-order chi connectivity index (χ1) is 7.04. The van der Waals surface area contributed by atoms with E-state index < -0.39 is 30.6 Å². The first kappa shape index (κ1) is 11.9. The first-order valence-electron chi connectivity index (χ1n) is 4.50. The maximum absolute atomic E-state index is 10.7. The minimum Gasteiger partial charge on any atom is -0.396 e. The highest BCUT2D eigenvalue weighted by molar-refractivity contribution is 5.58. The molecule has 1 rings (SSSR count). The fraction of sp³-hybridized carbons (Fsp3) is 0.875. The average molecular weight is 215 g/mol. The summed E-state index contributed by atoms with van der Waals surface area (Å²) in [5.41, 5.74) is 8.28.